The van der Waals surface area contributed by atoms with Crippen molar-refractivity contribution in [1.29, 1.82) is 0 Å². The molecule has 5 nitrogen and oxygen atoms in total. The maximum absolute atomic E-state index is 12.6. The van der Waals surface area contributed by atoms with E-state index in [0.717, 1.165) is 0 Å². The number of anilines is 1. The Morgan fingerprint density at radius 3 is 2.22 bits per heavy atom. The molecule has 98 valence electrons. The molecule has 0 radical (unpaired) electrons. The zero-order valence-corrected chi connectivity index (χ0v) is 8.85. The Balaban J connectivity index is 2.36. The van der Waals surface area contributed by atoms with Crippen molar-refractivity contribution in [1.82, 2.24) is 5.43 Å². The fourth-order valence-corrected chi connectivity index (χ4v) is 1.64. The Hall–Kier alpha value is -1.64. The fourth-order valence-electron chi connectivity index (χ4n) is 1.64. The van der Waals surface area contributed by atoms with Gasteiger partial charge in [0.2, 0.25) is 0 Å². The summed E-state index contributed by atoms with van der Waals surface area (Å²) in [6, 6.07) is 4.57. The van der Waals surface area contributed by atoms with Gasteiger partial charge in [-0.15, -0.1) is 0 Å². The number of benzene rings is 1. The summed E-state index contributed by atoms with van der Waals surface area (Å²) in [7, 11) is 0. The van der Waals surface area contributed by atoms with Crippen molar-refractivity contribution in [2.45, 2.75) is 18.0 Å². The Bertz CT molecular complexity index is 461. The Morgan fingerprint density at radius 1 is 1.22 bits per heavy atom. The van der Waals surface area contributed by atoms with E-state index in [2.05, 4.69) is 0 Å². The number of alkyl halides is 3. The number of amides is 1. The first kappa shape index (κ1) is 12.8. The average Bonchev–Trinajstić information content (AvgIpc) is 2.52. The van der Waals surface area contributed by atoms with Crippen LogP contribution in [0.3, 0.4) is 0 Å². The van der Waals surface area contributed by atoms with Gasteiger partial charge in [-0.05, 0) is 12.1 Å². The van der Waals surface area contributed by atoms with Crippen LogP contribution in [0.25, 0.3) is 0 Å². The van der Waals surface area contributed by atoms with E-state index < -0.39 is 23.9 Å². The van der Waals surface area contributed by atoms with Gasteiger partial charge in [-0.3, -0.25) is 4.79 Å². The summed E-state index contributed by atoms with van der Waals surface area (Å²) in [5.74, 6) is -5.00. The lowest BCUT2D eigenvalue weighted by Gasteiger charge is -2.21. The second kappa shape index (κ2) is 3.94. The van der Waals surface area contributed by atoms with Crippen LogP contribution in [0.1, 0.15) is 0 Å². The van der Waals surface area contributed by atoms with E-state index in [1.165, 1.54) is 24.3 Å². The molecular formula is C10H9F3N2O3. The van der Waals surface area contributed by atoms with Crippen molar-refractivity contribution < 1.29 is 28.2 Å². The molecular weight excluding hydrogens is 253 g/mol. The van der Waals surface area contributed by atoms with Crippen LogP contribution in [0.15, 0.2) is 30.3 Å². The van der Waals surface area contributed by atoms with Gasteiger partial charge in [0.05, 0.1) is 5.69 Å². The first-order chi connectivity index (χ1) is 8.24. The van der Waals surface area contributed by atoms with Gasteiger partial charge < -0.3 is 10.2 Å². The molecule has 0 bridgehead atoms. The Labute approximate surface area is 99.4 Å². The number of hydrogen-bond acceptors (Lipinski definition) is 4. The summed E-state index contributed by atoms with van der Waals surface area (Å²) in [4.78, 5) is 11.5. The lowest BCUT2D eigenvalue weighted by atomic mass is 10.1. The molecule has 1 fully saturated rings. The molecule has 0 aliphatic carbocycles. The van der Waals surface area contributed by atoms with Gasteiger partial charge in [-0.25, -0.2) is 10.4 Å². The molecule has 1 aromatic carbocycles. The number of nitrogens with one attached hydrogen (secondary N) is 1. The van der Waals surface area contributed by atoms with Crippen LogP contribution in [-0.4, -0.2) is 34.1 Å². The van der Waals surface area contributed by atoms with E-state index >= 15 is 0 Å². The van der Waals surface area contributed by atoms with Gasteiger partial charge >= 0.3 is 12.1 Å². The molecule has 3 N–H and O–H groups in total. The smallest absolute Gasteiger partial charge is 0.357 e. The normalized spacial score (nSPS) is 23.5. The third-order valence-electron chi connectivity index (χ3n) is 2.52. The van der Waals surface area contributed by atoms with Crippen molar-refractivity contribution in [3.63, 3.8) is 0 Å². The third-order valence-corrected chi connectivity index (χ3v) is 2.52. The first-order valence-electron chi connectivity index (χ1n) is 4.92. The van der Waals surface area contributed by atoms with Crippen LogP contribution in [-0.2, 0) is 4.79 Å². The number of hydrogen-bond donors (Lipinski definition) is 3. The first-order valence-corrected chi connectivity index (χ1v) is 4.92. The SMILES string of the molecule is O=C1N(c2ccccc2)NC(C(F)(F)F)C1(O)O. The topological polar surface area (TPSA) is 72.8 Å². The molecule has 1 unspecified atom stereocenters. The van der Waals surface area contributed by atoms with Crippen LogP contribution in [0.5, 0.6) is 0 Å². The highest BCUT2D eigenvalue weighted by atomic mass is 19.4. The molecule has 1 aliphatic heterocycles. The maximum atomic E-state index is 12.6. The maximum Gasteiger partial charge on any atom is 0.411 e. The van der Waals surface area contributed by atoms with Gasteiger partial charge in [0.25, 0.3) is 5.79 Å². The van der Waals surface area contributed by atoms with E-state index in [1.807, 2.05) is 0 Å². The number of carbonyl (C=O) groups excluding carboxylic acids is 1. The predicted molar refractivity (Wildman–Crippen MR) is 54.1 cm³/mol. The summed E-state index contributed by atoms with van der Waals surface area (Å²) in [6.45, 7) is 0. The molecule has 1 aliphatic rings. The molecule has 0 spiro atoms. The van der Waals surface area contributed by atoms with Gasteiger partial charge in [0.1, 0.15) is 0 Å². The lowest BCUT2D eigenvalue weighted by Crippen LogP contribution is -2.54. The second-order valence-corrected chi connectivity index (χ2v) is 3.81. The van der Waals surface area contributed by atoms with Crippen molar-refractivity contribution in [2.24, 2.45) is 0 Å². The molecule has 1 saturated heterocycles. The van der Waals surface area contributed by atoms with Crippen LogP contribution in [0.2, 0.25) is 0 Å². The lowest BCUT2D eigenvalue weighted by molar-refractivity contribution is -0.245. The van der Waals surface area contributed by atoms with Gasteiger partial charge in [0.15, 0.2) is 6.04 Å². The minimum absolute atomic E-state index is 0.0849. The number of nitrogens with zero attached hydrogens (tertiary/aromatic N) is 1. The van der Waals surface area contributed by atoms with Crippen LogP contribution in [0, 0.1) is 0 Å². The molecule has 0 aromatic heterocycles. The molecule has 1 atom stereocenters. The van der Waals surface area contributed by atoms with Gasteiger partial charge in [-0.2, -0.15) is 13.2 Å². The molecule has 1 aromatic rings. The van der Waals surface area contributed by atoms with E-state index in [1.54, 1.807) is 11.5 Å². The number of rotatable bonds is 1. The Kier molecular flexibility index (Phi) is 2.80. The average molecular weight is 262 g/mol. The van der Waals surface area contributed by atoms with E-state index in [9.17, 15) is 28.2 Å². The summed E-state index contributed by atoms with van der Waals surface area (Å²) in [5, 5.41) is 19.0. The Morgan fingerprint density at radius 2 is 1.78 bits per heavy atom. The molecule has 8 heteroatoms. The van der Waals surface area contributed by atoms with Gasteiger partial charge in [0, 0.05) is 0 Å². The highest BCUT2D eigenvalue weighted by Gasteiger charge is 2.63. The van der Waals surface area contributed by atoms with E-state index in [0.29, 0.717) is 5.01 Å². The molecule has 2 rings (SSSR count). The minimum atomic E-state index is -4.97. The zero-order chi connectivity index (χ0) is 13.6. The minimum Gasteiger partial charge on any atom is -0.357 e. The number of carbonyl (C=O) groups is 1. The highest BCUT2D eigenvalue weighted by Crippen LogP contribution is 2.34. The number of halogens is 3. The fraction of sp³-hybridized carbons (Fsp3) is 0.300. The van der Waals surface area contributed by atoms with Gasteiger partial charge in [-0.1, -0.05) is 18.2 Å². The molecule has 18 heavy (non-hydrogen) atoms. The number of hydrazine groups is 1. The largest absolute Gasteiger partial charge is 0.411 e. The van der Waals surface area contributed by atoms with Crippen LogP contribution < -0.4 is 10.4 Å². The van der Waals surface area contributed by atoms with E-state index in [-0.39, 0.29) is 5.69 Å². The summed E-state index contributed by atoms with van der Waals surface area (Å²) >= 11 is 0. The van der Waals surface area contributed by atoms with Crippen LogP contribution >= 0.6 is 0 Å². The molecule has 1 amide bonds. The monoisotopic (exact) mass is 262 g/mol. The van der Waals surface area contributed by atoms with Crippen LogP contribution in [0.4, 0.5) is 18.9 Å². The summed E-state index contributed by atoms with van der Waals surface area (Å²) in [6.07, 6.45) is -4.97. The molecule has 1 heterocycles. The van der Waals surface area contributed by atoms with Crippen molar-refractivity contribution in [3.8, 4) is 0 Å². The standard InChI is InChI=1S/C10H9F3N2O3/c11-10(12,13)7-9(17,18)8(16)15(14-7)6-4-2-1-3-5-6/h1-5,7,14,17-18H. The number of para-hydroxylation sites is 1. The second-order valence-electron chi connectivity index (χ2n) is 3.81. The molecule has 0 saturated carbocycles. The zero-order valence-electron chi connectivity index (χ0n) is 8.85. The summed E-state index contributed by atoms with van der Waals surface area (Å²) < 4.78 is 37.7. The van der Waals surface area contributed by atoms with E-state index in [4.69, 9.17) is 0 Å². The summed E-state index contributed by atoms with van der Waals surface area (Å²) in [5.41, 5.74) is 1.83. The quantitative estimate of drug-likeness (QED) is 0.630. The highest BCUT2D eigenvalue weighted by molar-refractivity contribution is 6.00. The van der Waals surface area contributed by atoms with Crippen molar-refractivity contribution >= 4 is 11.6 Å². The predicted octanol–water partition coefficient (Wildman–Crippen LogP) is 0.150. The van der Waals surface area contributed by atoms with Crippen molar-refractivity contribution in [3.05, 3.63) is 30.3 Å². The van der Waals surface area contributed by atoms with Crippen molar-refractivity contribution in [2.75, 3.05) is 5.01 Å². The number of aliphatic hydroxyl groups is 2. The third kappa shape index (κ3) is 1.94.